The lowest BCUT2D eigenvalue weighted by Gasteiger charge is -2.24. The first kappa shape index (κ1) is 24.9. The molecule has 0 unspecified atom stereocenters. The second kappa shape index (κ2) is 9.95. The lowest BCUT2D eigenvalue weighted by atomic mass is 10.0. The molecule has 36 heavy (non-hydrogen) atoms. The van der Waals surface area contributed by atoms with E-state index in [1.165, 1.54) is 23.9 Å². The summed E-state index contributed by atoms with van der Waals surface area (Å²) in [5, 5.41) is 19.8. The maximum absolute atomic E-state index is 13.4. The van der Waals surface area contributed by atoms with Crippen LogP contribution in [0.25, 0.3) is 0 Å². The van der Waals surface area contributed by atoms with Crippen LogP contribution >= 0.6 is 11.3 Å². The first-order chi connectivity index (χ1) is 17.2. The molecule has 0 bridgehead atoms. The van der Waals surface area contributed by atoms with E-state index < -0.39 is 22.3 Å². The predicted molar refractivity (Wildman–Crippen MR) is 130 cm³/mol. The molecule has 1 saturated carbocycles. The summed E-state index contributed by atoms with van der Waals surface area (Å²) in [5.41, 5.74) is 3.18. The zero-order valence-corrected chi connectivity index (χ0v) is 20.9. The minimum Gasteiger partial charge on any atom is -0.393 e. The number of nitrogens with zero attached hydrogens (tertiary/aromatic N) is 4. The quantitative estimate of drug-likeness (QED) is 0.246. The molecule has 2 aliphatic rings. The first-order valence-corrected chi connectivity index (χ1v) is 13.6. The molecule has 12 nitrogen and oxygen atoms in total. The lowest BCUT2D eigenvalue weighted by molar-refractivity contribution is 0.0420. The number of aliphatic hydroxyl groups excluding tert-OH is 1. The number of carbonyl (C=O) groups is 1. The van der Waals surface area contributed by atoms with E-state index in [1.807, 2.05) is 34.0 Å². The van der Waals surface area contributed by atoms with Crippen LogP contribution < -0.4 is 10.0 Å². The molecule has 0 spiro atoms. The molecule has 0 amide bonds. The van der Waals surface area contributed by atoms with E-state index in [2.05, 4.69) is 20.4 Å². The highest BCUT2D eigenvalue weighted by atomic mass is 32.2. The Morgan fingerprint density at radius 3 is 2.97 bits per heavy atom. The molecule has 0 saturated heterocycles. The minimum atomic E-state index is -4.40. The molecular weight excluding hydrogens is 508 g/mol. The van der Waals surface area contributed by atoms with Gasteiger partial charge in [-0.25, -0.2) is 9.97 Å². The van der Waals surface area contributed by atoms with E-state index in [1.54, 1.807) is 0 Å². The average Bonchev–Trinajstić information content (AvgIpc) is 3.56. The van der Waals surface area contributed by atoms with Gasteiger partial charge in [0.25, 0.3) is 0 Å². The van der Waals surface area contributed by atoms with Gasteiger partial charge in [0.15, 0.2) is 0 Å². The third-order valence-corrected chi connectivity index (χ3v) is 7.74. The zero-order chi connectivity index (χ0) is 25.4. The summed E-state index contributed by atoms with van der Waals surface area (Å²) in [7, 11) is -4.40. The summed E-state index contributed by atoms with van der Waals surface area (Å²) >= 11 is 1.31. The molecule has 4 N–H and O–H groups in total. The number of rotatable bonds is 8. The Bertz CT molecular complexity index is 1370. The van der Waals surface area contributed by atoms with Gasteiger partial charge in [-0.2, -0.15) is 18.2 Å². The number of carbonyl (C=O) groups excluding carboxylic acids is 1. The monoisotopic (exact) mass is 533 g/mol. The maximum Gasteiger partial charge on any atom is 0.333 e. The smallest absolute Gasteiger partial charge is 0.333 e. The van der Waals surface area contributed by atoms with Gasteiger partial charge in [0.2, 0.25) is 5.78 Å². The predicted octanol–water partition coefficient (Wildman–Crippen LogP) is 1.50. The number of ether oxygens (including phenoxy) is 1. The van der Waals surface area contributed by atoms with Crippen molar-refractivity contribution in [2.45, 2.75) is 44.6 Å². The topological polar surface area (TPSA) is 169 Å². The third kappa shape index (κ3) is 5.19. The normalized spacial score (nSPS) is 24.0. The van der Waals surface area contributed by atoms with Gasteiger partial charge >= 0.3 is 10.3 Å². The Morgan fingerprint density at radius 2 is 2.17 bits per heavy atom. The number of aromatic nitrogens is 4. The van der Waals surface area contributed by atoms with E-state index in [0.717, 1.165) is 23.4 Å². The van der Waals surface area contributed by atoms with Crippen molar-refractivity contribution in [2.24, 2.45) is 5.92 Å². The molecule has 14 heteroatoms. The fraction of sp³-hybridized carbons (Fsp3) is 0.409. The van der Waals surface area contributed by atoms with Gasteiger partial charge in [-0.15, -0.1) is 11.3 Å². The molecule has 5 rings (SSSR count). The van der Waals surface area contributed by atoms with Gasteiger partial charge in [-0.1, -0.05) is 0 Å². The van der Waals surface area contributed by atoms with Crippen molar-refractivity contribution in [3.05, 3.63) is 64.0 Å². The zero-order valence-electron chi connectivity index (χ0n) is 19.2. The van der Waals surface area contributed by atoms with Crippen molar-refractivity contribution in [3.8, 4) is 0 Å². The van der Waals surface area contributed by atoms with Crippen LogP contribution in [0, 0.1) is 19.4 Å². The number of anilines is 1. The van der Waals surface area contributed by atoms with Gasteiger partial charge in [-0.05, 0) is 42.3 Å². The van der Waals surface area contributed by atoms with Crippen molar-refractivity contribution in [3.63, 3.8) is 0 Å². The Balaban J connectivity index is 1.31. The minimum absolute atomic E-state index is 0.245. The molecule has 191 valence electrons. The van der Waals surface area contributed by atoms with Gasteiger partial charge in [-0.3, -0.25) is 14.0 Å². The highest BCUT2D eigenvalue weighted by Crippen LogP contribution is 2.35. The second-order valence-corrected chi connectivity index (χ2v) is 10.9. The number of nitrogens with one attached hydrogen (secondary N) is 2. The number of fused-ring (bicyclic) bond motifs is 1. The summed E-state index contributed by atoms with van der Waals surface area (Å²) in [6.45, 7) is 4.36. The van der Waals surface area contributed by atoms with E-state index >= 15 is 0 Å². The van der Waals surface area contributed by atoms with Crippen LogP contribution in [0.15, 0.2) is 30.2 Å². The number of hydrogen-bond acceptors (Lipinski definition) is 10. The van der Waals surface area contributed by atoms with Crippen molar-refractivity contribution < 1.29 is 27.6 Å². The highest BCUT2D eigenvalue weighted by Gasteiger charge is 2.35. The number of aliphatic hydroxyl groups is 1. The Kier molecular flexibility index (Phi) is 6.89. The molecule has 4 heterocycles. The summed E-state index contributed by atoms with van der Waals surface area (Å²) in [6.07, 6.45) is 4.14. The van der Waals surface area contributed by atoms with E-state index in [0.29, 0.717) is 36.7 Å². The van der Waals surface area contributed by atoms with Crippen molar-refractivity contribution in [1.82, 2.24) is 24.5 Å². The van der Waals surface area contributed by atoms with E-state index in [4.69, 9.17) is 9.29 Å². The molecule has 1 fully saturated rings. The Hall–Kier alpha value is -2.75. The number of hydrogen-bond donors (Lipinski definition) is 4. The SMILES string of the molecule is Cc1cnn2c1[C@@H](c1csc(C(=O)c3cncnc3N[C@H]3C[C@H](O)[C@@H]([CH]NS(=O)(=O)O)C3)c1)OCC2. The number of aryl methyl sites for hydroxylation is 1. The first-order valence-electron chi connectivity index (χ1n) is 11.3. The fourth-order valence-corrected chi connectivity index (χ4v) is 5.88. The van der Waals surface area contributed by atoms with Crippen molar-refractivity contribution in [1.29, 1.82) is 0 Å². The Labute approximate surface area is 211 Å². The van der Waals surface area contributed by atoms with Gasteiger partial charge in [0, 0.05) is 24.7 Å². The summed E-state index contributed by atoms with van der Waals surface area (Å²) in [4.78, 5) is 22.2. The van der Waals surface area contributed by atoms with Gasteiger partial charge in [0.1, 0.15) is 18.2 Å². The van der Waals surface area contributed by atoms with E-state index in [9.17, 15) is 18.3 Å². The average molecular weight is 534 g/mol. The second-order valence-electron chi connectivity index (χ2n) is 8.85. The van der Waals surface area contributed by atoms with Crippen LogP contribution in [0.2, 0.25) is 0 Å². The molecule has 0 aromatic carbocycles. The van der Waals surface area contributed by atoms with Crippen LogP contribution in [-0.2, 0) is 21.6 Å². The van der Waals surface area contributed by atoms with Crippen LogP contribution in [-0.4, -0.2) is 62.4 Å². The van der Waals surface area contributed by atoms with Crippen LogP contribution in [0.1, 0.15) is 51.0 Å². The highest BCUT2D eigenvalue weighted by molar-refractivity contribution is 7.83. The Morgan fingerprint density at radius 1 is 1.33 bits per heavy atom. The largest absolute Gasteiger partial charge is 0.393 e. The van der Waals surface area contributed by atoms with Crippen molar-refractivity contribution in [2.75, 3.05) is 11.9 Å². The lowest BCUT2D eigenvalue weighted by Crippen LogP contribution is -2.27. The molecule has 3 aromatic heterocycles. The number of ketones is 1. The molecular formula is C22H25N6O6S2. The number of thiophene rings is 1. The van der Waals surface area contributed by atoms with Crippen LogP contribution in [0.3, 0.4) is 0 Å². The summed E-state index contributed by atoms with van der Waals surface area (Å²) in [6, 6.07) is 1.55. The molecule has 3 aromatic rings. The van der Waals surface area contributed by atoms with Crippen molar-refractivity contribution >= 4 is 33.2 Å². The van der Waals surface area contributed by atoms with Crippen LogP contribution in [0.4, 0.5) is 5.82 Å². The van der Waals surface area contributed by atoms with E-state index in [-0.39, 0.29) is 23.5 Å². The molecule has 1 aliphatic heterocycles. The third-order valence-electron chi connectivity index (χ3n) is 6.36. The van der Waals surface area contributed by atoms with Gasteiger partial charge in [0.05, 0.1) is 41.6 Å². The fourth-order valence-electron chi connectivity index (χ4n) is 4.66. The summed E-state index contributed by atoms with van der Waals surface area (Å²) < 4.78 is 40.6. The maximum atomic E-state index is 13.4. The molecule has 1 radical (unpaired) electrons. The molecule has 1 aliphatic carbocycles. The van der Waals surface area contributed by atoms with Gasteiger partial charge < -0.3 is 15.2 Å². The molecule has 4 atom stereocenters. The van der Waals surface area contributed by atoms with Crippen LogP contribution in [0.5, 0.6) is 0 Å². The standard InChI is InChI=1S/C22H25N6O6S2/c1-12-7-25-28-2-3-34-21(19(12)28)14-5-18(35-10-14)20(30)16-9-23-11-24-22(16)27-15-4-13(17(29)6-15)8-26-36(31,32)33/h5,7-11,13,15,17,21,26,29H,2-4,6H2,1H3,(H,23,24,27)(H,31,32,33)/t13-,15-,17+,21-/m1/s1. The summed E-state index contributed by atoms with van der Waals surface area (Å²) in [5.74, 6) is -0.434.